The molecular formula is C21H27NO. The summed E-state index contributed by atoms with van der Waals surface area (Å²) >= 11 is 0. The third-order valence-corrected chi connectivity index (χ3v) is 5.12. The summed E-state index contributed by atoms with van der Waals surface area (Å²) in [5.41, 5.74) is 7.36. The van der Waals surface area contributed by atoms with Gasteiger partial charge in [0.15, 0.2) is 5.76 Å². The number of allylic oxidation sites excluding steroid dienone is 1. The van der Waals surface area contributed by atoms with Crippen molar-refractivity contribution in [2.75, 3.05) is 0 Å². The fraction of sp³-hybridized carbons (Fsp3) is 0.476. The summed E-state index contributed by atoms with van der Waals surface area (Å²) in [6.07, 6.45) is 7.62. The van der Waals surface area contributed by atoms with Crippen LogP contribution in [-0.4, -0.2) is 5.16 Å². The maximum Gasteiger partial charge on any atom is 0.159 e. The van der Waals surface area contributed by atoms with Gasteiger partial charge in [0.2, 0.25) is 0 Å². The molecule has 0 bridgehead atoms. The van der Waals surface area contributed by atoms with E-state index in [0.29, 0.717) is 5.92 Å². The number of aromatic nitrogens is 1. The second-order valence-electron chi connectivity index (χ2n) is 7.73. The molecule has 0 unspecified atom stereocenters. The average Bonchev–Trinajstić information content (AvgIpc) is 2.97. The first-order chi connectivity index (χ1) is 10.9. The van der Waals surface area contributed by atoms with Gasteiger partial charge in [-0.05, 0) is 71.4 Å². The molecule has 0 aliphatic heterocycles. The Balaban J connectivity index is 2.14. The predicted molar refractivity (Wildman–Crippen MR) is 96.4 cm³/mol. The molecule has 1 heterocycles. The van der Waals surface area contributed by atoms with Gasteiger partial charge in [0.1, 0.15) is 0 Å². The summed E-state index contributed by atoms with van der Waals surface area (Å²) in [5, 5.41) is 3.82. The van der Waals surface area contributed by atoms with Gasteiger partial charge in [0.05, 0.1) is 6.20 Å². The lowest BCUT2D eigenvalue weighted by Gasteiger charge is -2.34. The Labute approximate surface area is 139 Å². The minimum absolute atomic E-state index is 0.268. The molecular weight excluding hydrogens is 282 g/mol. The monoisotopic (exact) mass is 309 g/mol. The third kappa shape index (κ3) is 3.12. The van der Waals surface area contributed by atoms with Crippen LogP contribution >= 0.6 is 0 Å². The molecule has 1 aliphatic carbocycles. The highest BCUT2D eigenvalue weighted by molar-refractivity contribution is 5.83. The van der Waals surface area contributed by atoms with E-state index in [9.17, 15) is 0 Å². The summed E-state index contributed by atoms with van der Waals surface area (Å²) in [6, 6.07) is 6.76. The Hall–Kier alpha value is -1.83. The van der Waals surface area contributed by atoms with Crippen molar-refractivity contribution in [3.8, 4) is 0 Å². The first kappa shape index (κ1) is 16.0. The molecule has 0 saturated heterocycles. The van der Waals surface area contributed by atoms with Crippen LogP contribution in [0.15, 0.2) is 28.9 Å². The summed E-state index contributed by atoms with van der Waals surface area (Å²) in [6.45, 7) is 11.5. The molecule has 122 valence electrons. The largest absolute Gasteiger partial charge is 0.357 e. The van der Waals surface area contributed by atoms with Gasteiger partial charge in [-0.2, -0.15) is 0 Å². The predicted octanol–water partition coefficient (Wildman–Crippen LogP) is 5.79. The first-order valence-electron chi connectivity index (χ1n) is 8.65. The number of hydrogen-bond donors (Lipinski definition) is 0. The van der Waals surface area contributed by atoms with E-state index in [-0.39, 0.29) is 5.41 Å². The van der Waals surface area contributed by atoms with Gasteiger partial charge in [-0.25, -0.2) is 0 Å². The fourth-order valence-corrected chi connectivity index (χ4v) is 3.78. The van der Waals surface area contributed by atoms with Crippen molar-refractivity contribution in [1.82, 2.24) is 5.16 Å². The highest BCUT2D eigenvalue weighted by Crippen LogP contribution is 2.40. The quantitative estimate of drug-likeness (QED) is 0.717. The number of fused-ring (bicyclic) bond motifs is 1. The summed E-state index contributed by atoms with van der Waals surface area (Å²) in [4.78, 5) is 0. The fourth-order valence-electron chi connectivity index (χ4n) is 3.78. The van der Waals surface area contributed by atoms with E-state index in [4.69, 9.17) is 4.52 Å². The van der Waals surface area contributed by atoms with Crippen molar-refractivity contribution >= 4 is 11.6 Å². The Morgan fingerprint density at radius 2 is 2.09 bits per heavy atom. The highest BCUT2D eigenvalue weighted by Gasteiger charge is 2.28. The molecule has 1 aromatic carbocycles. The van der Waals surface area contributed by atoms with Crippen LogP contribution in [0, 0.1) is 12.8 Å². The molecule has 2 aromatic rings. The zero-order valence-corrected chi connectivity index (χ0v) is 14.9. The summed E-state index contributed by atoms with van der Waals surface area (Å²) in [7, 11) is 0. The van der Waals surface area contributed by atoms with Crippen molar-refractivity contribution in [3.05, 3.63) is 52.4 Å². The van der Waals surface area contributed by atoms with E-state index in [2.05, 4.69) is 58.0 Å². The zero-order valence-electron chi connectivity index (χ0n) is 14.9. The molecule has 0 N–H and O–H groups in total. The molecule has 23 heavy (non-hydrogen) atoms. The van der Waals surface area contributed by atoms with Crippen LogP contribution in [0.1, 0.15) is 68.6 Å². The Morgan fingerprint density at radius 3 is 2.74 bits per heavy atom. The first-order valence-corrected chi connectivity index (χ1v) is 8.65. The molecule has 1 aromatic heterocycles. The standard InChI is InChI=1S/C21H27NO/c1-14(2)18(12-17-8-10-22-23-17)19-13-20-16(11-15(19)3)7-6-9-21(20,4)5/h8,10-14H,6-7,9H2,1-5H3/b18-12+. The smallest absolute Gasteiger partial charge is 0.159 e. The summed E-state index contributed by atoms with van der Waals surface area (Å²) < 4.78 is 5.30. The van der Waals surface area contributed by atoms with Gasteiger partial charge in [-0.15, -0.1) is 0 Å². The van der Waals surface area contributed by atoms with Crippen LogP contribution < -0.4 is 0 Å². The van der Waals surface area contributed by atoms with Crippen LogP contribution in [0.5, 0.6) is 0 Å². The maximum atomic E-state index is 5.30. The molecule has 1 aliphatic rings. The van der Waals surface area contributed by atoms with Gasteiger partial charge in [-0.3, -0.25) is 0 Å². The van der Waals surface area contributed by atoms with Gasteiger partial charge < -0.3 is 4.52 Å². The van der Waals surface area contributed by atoms with Gasteiger partial charge in [0, 0.05) is 6.07 Å². The third-order valence-electron chi connectivity index (χ3n) is 5.12. The minimum atomic E-state index is 0.268. The van der Waals surface area contributed by atoms with Gasteiger partial charge >= 0.3 is 0 Å². The van der Waals surface area contributed by atoms with Crippen molar-refractivity contribution in [2.24, 2.45) is 5.92 Å². The number of aryl methyl sites for hydroxylation is 2. The van der Waals surface area contributed by atoms with E-state index in [1.165, 1.54) is 47.1 Å². The second kappa shape index (κ2) is 5.99. The Kier molecular flexibility index (Phi) is 4.18. The molecule has 2 nitrogen and oxygen atoms in total. The number of benzene rings is 1. The van der Waals surface area contributed by atoms with Crippen molar-refractivity contribution < 1.29 is 4.52 Å². The van der Waals surface area contributed by atoms with E-state index in [0.717, 1.165) is 5.76 Å². The Bertz CT molecular complexity index is 721. The van der Waals surface area contributed by atoms with Crippen LogP contribution in [0.3, 0.4) is 0 Å². The van der Waals surface area contributed by atoms with Gasteiger partial charge in [0.25, 0.3) is 0 Å². The van der Waals surface area contributed by atoms with Crippen molar-refractivity contribution in [3.63, 3.8) is 0 Å². The topological polar surface area (TPSA) is 26.0 Å². The summed E-state index contributed by atoms with van der Waals surface area (Å²) in [5.74, 6) is 1.26. The van der Waals surface area contributed by atoms with E-state index in [1.807, 2.05) is 6.07 Å². The van der Waals surface area contributed by atoms with Gasteiger partial charge in [-0.1, -0.05) is 45.0 Å². The number of rotatable bonds is 3. The van der Waals surface area contributed by atoms with E-state index < -0.39 is 0 Å². The molecule has 3 rings (SSSR count). The number of nitrogens with zero attached hydrogens (tertiary/aromatic N) is 1. The van der Waals surface area contributed by atoms with Crippen LogP contribution in [-0.2, 0) is 11.8 Å². The van der Waals surface area contributed by atoms with Crippen molar-refractivity contribution in [1.29, 1.82) is 0 Å². The van der Waals surface area contributed by atoms with Crippen LogP contribution in [0.2, 0.25) is 0 Å². The highest BCUT2D eigenvalue weighted by atomic mass is 16.5. The molecule has 0 radical (unpaired) electrons. The molecule has 0 amide bonds. The zero-order chi connectivity index (χ0) is 16.6. The minimum Gasteiger partial charge on any atom is -0.357 e. The lowest BCUT2D eigenvalue weighted by molar-refractivity contribution is 0.412. The lowest BCUT2D eigenvalue weighted by atomic mass is 9.71. The molecule has 2 heteroatoms. The van der Waals surface area contributed by atoms with Crippen LogP contribution in [0.4, 0.5) is 0 Å². The molecule has 0 spiro atoms. The van der Waals surface area contributed by atoms with E-state index >= 15 is 0 Å². The van der Waals surface area contributed by atoms with E-state index in [1.54, 1.807) is 6.20 Å². The molecule has 0 fully saturated rings. The van der Waals surface area contributed by atoms with Crippen LogP contribution in [0.25, 0.3) is 11.6 Å². The SMILES string of the molecule is Cc1cc2c(cc1/C(=C/c1ccno1)C(C)C)C(C)(C)CCC2. The lowest BCUT2D eigenvalue weighted by Crippen LogP contribution is -2.24. The number of hydrogen-bond acceptors (Lipinski definition) is 2. The molecule has 0 atom stereocenters. The molecule has 0 saturated carbocycles. The Morgan fingerprint density at radius 1 is 1.30 bits per heavy atom. The maximum absolute atomic E-state index is 5.30. The average molecular weight is 309 g/mol. The normalized spacial score (nSPS) is 17.4. The van der Waals surface area contributed by atoms with Crippen molar-refractivity contribution in [2.45, 2.75) is 59.3 Å². The second-order valence-corrected chi connectivity index (χ2v) is 7.73.